The predicted molar refractivity (Wildman–Crippen MR) is 75.8 cm³/mol. The molecule has 2 N–H and O–H groups in total. The lowest BCUT2D eigenvalue weighted by Gasteiger charge is -2.06. The number of halogens is 1. The zero-order valence-electron chi connectivity index (χ0n) is 10.5. The first-order chi connectivity index (χ1) is 9.56. The number of carbonyl (C=O) groups excluding carboxylic acids is 2. The highest BCUT2D eigenvalue weighted by Crippen LogP contribution is 2.17. The van der Waals surface area contributed by atoms with Gasteiger partial charge in [0, 0.05) is 10.6 Å². The van der Waals surface area contributed by atoms with Crippen molar-refractivity contribution in [2.45, 2.75) is 6.42 Å². The number of rotatable bonds is 4. The minimum absolute atomic E-state index is 0.0806. The molecule has 4 nitrogen and oxygen atoms in total. The van der Waals surface area contributed by atoms with Gasteiger partial charge in [-0.25, -0.2) is 0 Å². The molecule has 0 aromatic heterocycles. The van der Waals surface area contributed by atoms with Gasteiger partial charge in [0.15, 0.2) is 0 Å². The van der Waals surface area contributed by atoms with Crippen molar-refractivity contribution in [3.05, 3.63) is 64.7 Å². The minimum Gasteiger partial charge on any atom is -0.426 e. The van der Waals surface area contributed by atoms with Crippen LogP contribution in [0.2, 0.25) is 5.02 Å². The van der Waals surface area contributed by atoms with E-state index >= 15 is 0 Å². The molecule has 102 valence electrons. The van der Waals surface area contributed by atoms with E-state index < -0.39 is 11.9 Å². The maximum absolute atomic E-state index is 11.8. The van der Waals surface area contributed by atoms with Gasteiger partial charge in [0.25, 0.3) is 0 Å². The van der Waals surface area contributed by atoms with E-state index in [2.05, 4.69) is 0 Å². The van der Waals surface area contributed by atoms with Crippen LogP contribution in [0.25, 0.3) is 0 Å². The summed E-state index contributed by atoms with van der Waals surface area (Å²) >= 11 is 5.97. The van der Waals surface area contributed by atoms with E-state index in [1.165, 1.54) is 24.3 Å². The van der Waals surface area contributed by atoms with Crippen LogP contribution in [0.1, 0.15) is 15.9 Å². The van der Waals surface area contributed by atoms with Gasteiger partial charge in [0.1, 0.15) is 5.75 Å². The SMILES string of the molecule is NC(=O)c1ccc(OC(=O)Cc2ccccc2Cl)cc1. The zero-order valence-corrected chi connectivity index (χ0v) is 11.3. The van der Waals surface area contributed by atoms with Crippen molar-refractivity contribution in [1.82, 2.24) is 0 Å². The molecule has 0 aliphatic heterocycles. The average Bonchev–Trinajstić information content (AvgIpc) is 2.42. The van der Waals surface area contributed by atoms with E-state index in [0.717, 1.165) is 0 Å². The largest absolute Gasteiger partial charge is 0.426 e. The summed E-state index contributed by atoms with van der Waals surface area (Å²) in [6, 6.07) is 13.1. The summed E-state index contributed by atoms with van der Waals surface area (Å²) in [4.78, 5) is 22.7. The molecule has 0 spiro atoms. The molecule has 0 aliphatic carbocycles. The zero-order chi connectivity index (χ0) is 14.5. The van der Waals surface area contributed by atoms with Crippen LogP contribution in [0.15, 0.2) is 48.5 Å². The highest BCUT2D eigenvalue weighted by molar-refractivity contribution is 6.31. The molecule has 0 atom stereocenters. The van der Waals surface area contributed by atoms with Gasteiger partial charge in [-0.15, -0.1) is 0 Å². The van der Waals surface area contributed by atoms with E-state index in [1.807, 2.05) is 0 Å². The van der Waals surface area contributed by atoms with Gasteiger partial charge in [-0.2, -0.15) is 0 Å². The van der Waals surface area contributed by atoms with Crippen LogP contribution < -0.4 is 10.5 Å². The quantitative estimate of drug-likeness (QED) is 0.695. The Balaban J connectivity index is 2.01. The van der Waals surface area contributed by atoms with Crippen LogP contribution >= 0.6 is 11.6 Å². The molecule has 0 saturated heterocycles. The highest BCUT2D eigenvalue weighted by Gasteiger charge is 2.09. The fraction of sp³-hybridized carbons (Fsp3) is 0.0667. The number of ether oxygens (including phenoxy) is 1. The molecule has 2 aromatic carbocycles. The van der Waals surface area contributed by atoms with Crippen LogP contribution in [-0.4, -0.2) is 11.9 Å². The molecule has 0 saturated carbocycles. The first-order valence-electron chi connectivity index (χ1n) is 5.90. The molecule has 0 fully saturated rings. The number of hydrogen-bond acceptors (Lipinski definition) is 3. The van der Waals surface area contributed by atoms with E-state index in [0.29, 0.717) is 21.9 Å². The fourth-order valence-corrected chi connectivity index (χ4v) is 1.85. The Labute approximate surface area is 121 Å². The van der Waals surface area contributed by atoms with E-state index in [-0.39, 0.29) is 6.42 Å². The number of carbonyl (C=O) groups is 2. The van der Waals surface area contributed by atoms with Crippen molar-refractivity contribution >= 4 is 23.5 Å². The Kier molecular flexibility index (Phi) is 4.38. The minimum atomic E-state index is -0.529. The third-order valence-corrected chi connectivity index (χ3v) is 3.03. The summed E-state index contributed by atoms with van der Waals surface area (Å²) < 4.78 is 5.16. The monoisotopic (exact) mass is 289 g/mol. The number of benzene rings is 2. The third-order valence-electron chi connectivity index (χ3n) is 2.66. The van der Waals surface area contributed by atoms with Crippen molar-refractivity contribution in [1.29, 1.82) is 0 Å². The van der Waals surface area contributed by atoms with Gasteiger partial charge in [-0.3, -0.25) is 9.59 Å². The lowest BCUT2D eigenvalue weighted by molar-refractivity contribution is -0.133. The van der Waals surface area contributed by atoms with Crippen molar-refractivity contribution in [2.24, 2.45) is 5.73 Å². The second kappa shape index (κ2) is 6.21. The summed E-state index contributed by atoms with van der Waals surface area (Å²) in [5, 5.41) is 0.522. The van der Waals surface area contributed by atoms with Gasteiger partial charge < -0.3 is 10.5 Å². The molecule has 1 amide bonds. The van der Waals surface area contributed by atoms with Gasteiger partial charge in [0.05, 0.1) is 6.42 Å². The number of primary amides is 1. The Bertz CT molecular complexity index is 638. The Morgan fingerprint density at radius 2 is 1.70 bits per heavy atom. The summed E-state index contributed by atoms with van der Waals surface area (Å²) in [5.74, 6) is -0.601. The van der Waals surface area contributed by atoms with E-state index in [1.54, 1.807) is 24.3 Å². The van der Waals surface area contributed by atoms with Crippen molar-refractivity contribution in [2.75, 3.05) is 0 Å². The van der Waals surface area contributed by atoms with Gasteiger partial charge in [0.2, 0.25) is 5.91 Å². The standard InChI is InChI=1S/C15H12ClNO3/c16-13-4-2-1-3-11(13)9-14(18)20-12-7-5-10(6-8-12)15(17)19/h1-8H,9H2,(H2,17,19). The molecule has 20 heavy (non-hydrogen) atoms. The summed E-state index contributed by atoms with van der Waals surface area (Å²) in [6.07, 6.45) is 0.0806. The molecule has 0 aliphatic rings. The third kappa shape index (κ3) is 3.59. The molecule has 0 heterocycles. The number of nitrogens with two attached hydrogens (primary N) is 1. The second-order valence-electron chi connectivity index (χ2n) is 4.13. The lowest BCUT2D eigenvalue weighted by Crippen LogP contribution is -2.13. The predicted octanol–water partition coefficient (Wildman–Crippen LogP) is 2.59. The molecular weight excluding hydrogens is 278 g/mol. The molecule has 0 radical (unpaired) electrons. The average molecular weight is 290 g/mol. The summed E-state index contributed by atoms with van der Waals surface area (Å²) in [7, 11) is 0. The molecule has 0 unspecified atom stereocenters. The maximum atomic E-state index is 11.8. The van der Waals surface area contributed by atoms with Gasteiger partial charge >= 0.3 is 5.97 Å². The van der Waals surface area contributed by atoms with E-state index in [9.17, 15) is 9.59 Å². The Hall–Kier alpha value is -2.33. The summed E-state index contributed by atoms with van der Waals surface area (Å²) in [6.45, 7) is 0. The lowest BCUT2D eigenvalue weighted by atomic mass is 10.1. The second-order valence-corrected chi connectivity index (χ2v) is 4.54. The van der Waals surface area contributed by atoms with Crippen molar-refractivity contribution in [3.63, 3.8) is 0 Å². The van der Waals surface area contributed by atoms with Crippen LogP contribution in [0.3, 0.4) is 0 Å². The first-order valence-corrected chi connectivity index (χ1v) is 6.28. The Morgan fingerprint density at radius 3 is 2.30 bits per heavy atom. The number of amides is 1. The van der Waals surface area contributed by atoms with Gasteiger partial charge in [-0.1, -0.05) is 29.8 Å². The van der Waals surface area contributed by atoms with Crippen LogP contribution in [-0.2, 0) is 11.2 Å². The van der Waals surface area contributed by atoms with Crippen LogP contribution in [0.5, 0.6) is 5.75 Å². The smallest absolute Gasteiger partial charge is 0.315 e. The van der Waals surface area contributed by atoms with Gasteiger partial charge in [-0.05, 0) is 35.9 Å². The van der Waals surface area contributed by atoms with Crippen molar-refractivity contribution < 1.29 is 14.3 Å². The fourth-order valence-electron chi connectivity index (χ4n) is 1.65. The molecular formula is C15H12ClNO3. The first kappa shape index (κ1) is 14.1. The van der Waals surface area contributed by atoms with Crippen LogP contribution in [0, 0.1) is 0 Å². The molecule has 2 rings (SSSR count). The molecule has 0 bridgehead atoms. The Morgan fingerprint density at radius 1 is 1.05 bits per heavy atom. The normalized spacial score (nSPS) is 10.1. The molecule has 5 heteroatoms. The van der Waals surface area contributed by atoms with Crippen LogP contribution in [0.4, 0.5) is 0 Å². The van der Waals surface area contributed by atoms with Crippen molar-refractivity contribution in [3.8, 4) is 5.75 Å². The topological polar surface area (TPSA) is 69.4 Å². The molecule has 2 aromatic rings. The number of hydrogen-bond donors (Lipinski definition) is 1. The highest BCUT2D eigenvalue weighted by atomic mass is 35.5. The number of esters is 1. The summed E-state index contributed by atoms with van der Waals surface area (Å²) in [5.41, 5.74) is 6.18. The maximum Gasteiger partial charge on any atom is 0.315 e. The van der Waals surface area contributed by atoms with E-state index in [4.69, 9.17) is 22.1 Å².